The molecule has 2 rings (SSSR count). The van der Waals surface area contributed by atoms with Crippen LogP contribution >= 0.6 is 0 Å². The molecule has 2 aliphatic rings. The minimum absolute atomic E-state index is 0.340. The van der Waals surface area contributed by atoms with E-state index in [0.29, 0.717) is 5.57 Å². The van der Waals surface area contributed by atoms with Gasteiger partial charge in [0.1, 0.15) is 6.10 Å². The van der Waals surface area contributed by atoms with E-state index in [4.69, 9.17) is 0 Å². The molecule has 88 valence electrons. The molecule has 0 saturated carbocycles. The van der Waals surface area contributed by atoms with Crippen LogP contribution in [0.5, 0.6) is 0 Å². The van der Waals surface area contributed by atoms with E-state index in [9.17, 15) is 18.3 Å². The van der Waals surface area contributed by atoms with E-state index in [1.165, 1.54) is 16.6 Å². The molecule has 3 unspecified atom stereocenters. The highest BCUT2D eigenvalue weighted by Crippen LogP contribution is 2.34. The summed E-state index contributed by atoms with van der Waals surface area (Å²) in [6, 6.07) is -0.508. The van der Waals surface area contributed by atoms with Crippen LogP contribution in [0.3, 0.4) is 0 Å². The zero-order valence-electron chi connectivity index (χ0n) is 8.99. The number of carbonyl (C=O) groups is 1. The Kier molecular flexibility index (Phi) is 2.43. The molecule has 1 aliphatic heterocycles. The second-order valence-electron chi connectivity index (χ2n) is 4.17. The van der Waals surface area contributed by atoms with E-state index in [2.05, 4.69) is 0 Å². The Morgan fingerprint density at radius 2 is 2.00 bits per heavy atom. The van der Waals surface area contributed by atoms with Gasteiger partial charge in [-0.1, -0.05) is 12.2 Å². The number of Topliss-reactive ketones (excluding diaryl/α,β-unsaturated/α-hetero) is 1. The maximum absolute atomic E-state index is 11.7. The molecule has 0 aromatic rings. The van der Waals surface area contributed by atoms with Gasteiger partial charge in [0.2, 0.25) is 10.0 Å². The molecule has 0 bridgehead atoms. The van der Waals surface area contributed by atoms with Gasteiger partial charge < -0.3 is 5.11 Å². The first kappa shape index (κ1) is 11.3. The topological polar surface area (TPSA) is 74.7 Å². The van der Waals surface area contributed by atoms with Crippen molar-refractivity contribution < 1.29 is 18.3 Å². The van der Waals surface area contributed by atoms with Crippen molar-refractivity contribution in [2.24, 2.45) is 5.92 Å². The quantitative estimate of drug-likeness (QED) is 0.639. The third-order valence-electron chi connectivity index (χ3n) is 2.93. The minimum atomic E-state index is -3.37. The number of hydrogen-bond acceptors (Lipinski definition) is 4. The predicted octanol–water partition coefficient (Wildman–Crippen LogP) is -0.350. The molecule has 1 heterocycles. The molecule has 0 saturated heterocycles. The van der Waals surface area contributed by atoms with Crippen LogP contribution in [0, 0.1) is 5.92 Å². The molecule has 1 aliphatic carbocycles. The van der Waals surface area contributed by atoms with E-state index in [0.717, 1.165) is 6.26 Å². The van der Waals surface area contributed by atoms with Crippen LogP contribution in [0.15, 0.2) is 23.9 Å². The first-order valence-corrected chi connectivity index (χ1v) is 6.74. The Balaban J connectivity index is 2.46. The van der Waals surface area contributed by atoms with Gasteiger partial charge in [0.25, 0.3) is 0 Å². The lowest BCUT2D eigenvalue weighted by molar-refractivity contribution is -0.128. The summed E-state index contributed by atoms with van der Waals surface area (Å²) in [5, 5.41) is 9.40. The average molecular weight is 243 g/mol. The predicted molar refractivity (Wildman–Crippen MR) is 57.9 cm³/mol. The zero-order chi connectivity index (χ0) is 12.1. The molecule has 0 aromatic heterocycles. The summed E-state index contributed by atoms with van der Waals surface area (Å²) < 4.78 is 24.2. The fraction of sp³-hybridized carbons (Fsp3) is 0.500. The molecular weight excluding hydrogens is 230 g/mol. The first-order valence-electron chi connectivity index (χ1n) is 4.89. The highest BCUT2D eigenvalue weighted by molar-refractivity contribution is 7.88. The van der Waals surface area contributed by atoms with Gasteiger partial charge in [0.05, 0.1) is 18.2 Å². The van der Waals surface area contributed by atoms with Gasteiger partial charge in [0, 0.05) is 6.20 Å². The average Bonchev–Trinajstić information content (AvgIpc) is 2.50. The van der Waals surface area contributed by atoms with Crippen LogP contribution in [0.1, 0.15) is 6.92 Å². The summed E-state index contributed by atoms with van der Waals surface area (Å²) in [6.07, 6.45) is 4.36. The smallest absolute Gasteiger partial charge is 0.232 e. The van der Waals surface area contributed by atoms with Gasteiger partial charge in [-0.25, -0.2) is 8.42 Å². The SMILES string of the molecule is CC1=CN(S(C)(=O)=O)C2C=CC(O)C(=O)C12. The number of carbonyl (C=O) groups excluding carboxylic acids is 1. The molecule has 0 radical (unpaired) electrons. The Labute approximate surface area is 94.1 Å². The number of aliphatic hydroxyl groups is 1. The van der Waals surface area contributed by atoms with Crippen LogP contribution in [0.2, 0.25) is 0 Å². The van der Waals surface area contributed by atoms with Crippen LogP contribution in [-0.4, -0.2) is 42.0 Å². The number of sulfonamides is 1. The van der Waals surface area contributed by atoms with Gasteiger partial charge in [-0.15, -0.1) is 0 Å². The third kappa shape index (κ3) is 1.58. The van der Waals surface area contributed by atoms with E-state index in [-0.39, 0.29) is 5.78 Å². The van der Waals surface area contributed by atoms with Crippen LogP contribution in [-0.2, 0) is 14.8 Å². The lowest BCUT2D eigenvalue weighted by Crippen LogP contribution is -2.43. The van der Waals surface area contributed by atoms with Crippen molar-refractivity contribution in [1.82, 2.24) is 4.31 Å². The molecule has 0 aromatic carbocycles. The molecule has 0 spiro atoms. The van der Waals surface area contributed by atoms with Crippen molar-refractivity contribution in [2.75, 3.05) is 6.26 Å². The Morgan fingerprint density at radius 3 is 2.56 bits per heavy atom. The summed E-state index contributed by atoms with van der Waals surface area (Å²) in [5.74, 6) is -0.887. The van der Waals surface area contributed by atoms with Gasteiger partial charge in [-0.3, -0.25) is 9.10 Å². The molecule has 0 amide bonds. The van der Waals surface area contributed by atoms with E-state index in [1.807, 2.05) is 0 Å². The van der Waals surface area contributed by atoms with Gasteiger partial charge in [-0.05, 0) is 12.5 Å². The van der Waals surface area contributed by atoms with Crippen molar-refractivity contribution in [3.63, 3.8) is 0 Å². The largest absolute Gasteiger partial charge is 0.381 e. The monoisotopic (exact) mass is 243 g/mol. The standard InChI is InChI=1S/C10H13NO4S/c1-6-5-11(16(2,14)15)7-3-4-8(12)10(13)9(6)7/h3-5,7-9,12H,1-2H3. The maximum atomic E-state index is 11.7. The number of hydrogen-bond donors (Lipinski definition) is 1. The summed E-state index contributed by atoms with van der Waals surface area (Å²) in [5.41, 5.74) is 0.670. The van der Waals surface area contributed by atoms with Gasteiger partial charge in [-0.2, -0.15) is 0 Å². The van der Waals surface area contributed by atoms with Crippen LogP contribution < -0.4 is 0 Å². The number of rotatable bonds is 1. The molecule has 5 nitrogen and oxygen atoms in total. The number of fused-ring (bicyclic) bond motifs is 1. The van der Waals surface area contributed by atoms with Crippen molar-refractivity contribution in [1.29, 1.82) is 0 Å². The van der Waals surface area contributed by atoms with E-state index in [1.54, 1.807) is 13.0 Å². The minimum Gasteiger partial charge on any atom is -0.381 e. The molecule has 6 heteroatoms. The van der Waals surface area contributed by atoms with Crippen LogP contribution in [0.4, 0.5) is 0 Å². The highest BCUT2D eigenvalue weighted by atomic mass is 32.2. The Morgan fingerprint density at radius 1 is 1.38 bits per heavy atom. The summed E-state index contributed by atoms with van der Waals surface area (Å²) in [7, 11) is -3.37. The van der Waals surface area contributed by atoms with E-state index >= 15 is 0 Å². The molecular formula is C10H13NO4S. The van der Waals surface area contributed by atoms with Crippen molar-refractivity contribution in [3.8, 4) is 0 Å². The maximum Gasteiger partial charge on any atom is 0.232 e. The molecule has 16 heavy (non-hydrogen) atoms. The van der Waals surface area contributed by atoms with Crippen molar-refractivity contribution >= 4 is 15.8 Å². The molecule has 3 atom stereocenters. The third-order valence-corrected chi connectivity index (χ3v) is 4.04. The van der Waals surface area contributed by atoms with Crippen molar-refractivity contribution in [2.45, 2.75) is 19.1 Å². The summed E-state index contributed by atoms with van der Waals surface area (Å²) in [6.45, 7) is 1.70. The summed E-state index contributed by atoms with van der Waals surface area (Å²) in [4.78, 5) is 11.7. The second-order valence-corrected chi connectivity index (χ2v) is 6.05. The fourth-order valence-electron chi connectivity index (χ4n) is 2.19. The van der Waals surface area contributed by atoms with Gasteiger partial charge >= 0.3 is 0 Å². The van der Waals surface area contributed by atoms with Crippen LogP contribution in [0.25, 0.3) is 0 Å². The second kappa shape index (κ2) is 3.43. The number of ketones is 1. The number of aliphatic hydroxyl groups excluding tert-OH is 1. The Bertz CT molecular complexity index is 491. The zero-order valence-corrected chi connectivity index (χ0v) is 9.81. The summed E-state index contributed by atoms with van der Waals surface area (Å²) >= 11 is 0. The normalized spacial score (nSPS) is 33.9. The highest BCUT2D eigenvalue weighted by Gasteiger charge is 2.44. The first-order chi connectivity index (χ1) is 7.32. The van der Waals surface area contributed by atoms with E-state index < -0.39 is 28.1 Å². The van der Waals surface area contributed by atoms with Crippen molar-refractivity contribution in [3.05, 3.63) is 23.9 Å². The Hall–Kier alpha value is -1.14. The molecule has 0 fully saturated rings. The fourth-order valence-corrected chi connectivity index (χ4v) is 3.18. The number of nitrogens with zero attached hydrogens (tertiary/aromatic N) is 1. The lowest BCUT2D eigenvalue weighted by Gasteiger charge is -2.29. The van der Waals surface area contributed by atoms with Gasteiger partial charge in [0.15, 0.2) is 5.78 Å². The lowest BCUT2D eigenvalue weighted by atomic mass is 9.84. The molecule has 1 N–H and O–H groups in total.